The Morgan fingerprint density at radius 3 is 3.00 bits per heavy atom. The van der Waals surface area contributed by atoms with Crippen molar-refractivity contribution in [1.29, 1.82) is 0 Å². The minimum Gasteiger partial charge on any atom is -0.345 e. The Kier molecular flexibility index (Phi) is 4.17. The SMILES string of the molecule is O=C(CC1[NH2+]CCNC1=O)Nc1ccccc1Cl. The number of nitrogens with two attached hydrogens (primary N) is 1. The number of carbonyl (C=O) groups excluding carboxylic acids is 2. The monoisotopic (exact) mass is 268 g/mol. The van der Waals surface area contributed by atoms with Crippen LogP contribution in [0, 0.1) is 0 Å². The third-order valence-electron chi connectivity index (χ3n) is 2.78. The molecular formula is C12H15ClN3O2+. The number of nitrogens with one attached hydrogen (secondary N) is 2. The van der Waals surface area contributed by atoms with E-state index in [4.69, 9.17) is 11.6 Å². The molecule has 0 bridgehead atoms. The smallest absolute Gasteiger partial charge is 0.278 e. The molecule has 1 aliphatic heterocycles. The van der Waals surface area contributed by atoms with Crippen LogP contribution in [0.3, 0.4) is 0 Å². The molecule has 0 aromatic heterocycles. The first-order valence-electron chi connectivity index (χ1n) is 5.82. The van der Waals surface area contributed by atoms with Gasteiger partial charge in [0.1, 0.15) is 0 Å². The van der Waals surface area contributed by atoms with Crippen molar-refractivity contribution in [2.45, 2.75) is 12.5 Å². The van der Waals surface area contributed by atoms with Crippen LogP contribution < -0.4 is 16.0 Å². The number of carbonyl (C=O) groups is 2. The van der Waals surface area contributed by atoms with Gasteiger partial charge in [-0.2, -0.15) is 0 Å². The fourth-order valence-corrected chi connectivity index (χ4v) is 2.04. The molecule has 96 valence electrons. The van der Waals surface area contributed by atoms with Crippen molar-refractivity contribution in [2.75, 3.05) is 18.4 Å². The number of benzene rings is 1. The van der Waals surface area contributed by atoms with E-state index in [0.29, 0.717) is 17.3 Å². The number of hydrogen-bond acceptors (Lipinski definition) is 2. The number of quaternary nitrogens is 1. The molecule has 4 N–H and O–H groups in total. The Balaban J connectivity index is 1.92. The van der Waals surface area contributed by atoms with Gasteiger partial charge in [-0.05, 0) is 12.1 Å². The fourth-order valence-electron chi connectivity index (χ4n) is 1.86. The molecule has 1 aromatic rings. The Labute approximate surface area is 110 Å². The summed E-state index contributed by atoms with van der Waals surface area (Å²) in [5.74, 6) is -0.294. The van der Waals surface area contributed by atoms with Gasteiger partial charge in [-0.1, -0.05) is 23.7 Å². The van der Waals surface area contributed by atoms with Gasteiger partial charge in [0, 0.05) is 0 Å². The number of para-hydroxylation sites is 1. The summed E-state index contributed by atoms with van der Waals surface area (Å²) < 4.78 is 0. The van der Waals surface area contributed by atoms with E-state index in [1.807, 2.05) is 5.32 Å². The second kappa shape index (κ2) is 5.84. The maximum atomic E-state index is 11.8. The van der Waals surface area contributed by atoms with E-state index in [1.165, 1.54) is 0 Å². The molecule has 1 aliphatic rings. The van der Waals surface area contributed by atoms with Gasteiger partial charge in [0.25, 0.3) is 5.91 Å². The zero-order valence-electron chi connectivity index (χ0n) is 9.78. The Morgan fingerprint density at radius 2 is 2.28 bits per heavy atom. The van der Waals surface area contributed by atoms with Crippen LogP contribution >= 0.6 is 11.6 Å². The van der Waals surface area contributed by atoms with Crippen molar-refractivity contribution >= 4 is 29.1 Å². The lowest BCUT2D eigenvalue weighted by Crippen LogP contribution is -2.96. The molecule has 0 spiro atoms. The van der Waals surface area contributed by atoms with Crippen molar-refractivity contribution in [3.05, 3.63) is 29.3 Å². The van der Waals surface area contributed by atoms with Gasteiger partial charge < -0.3 is 16.0 Å². The molecule has 0 saturated carbocycles. The summed E-state index contributed by atoms with van der Waals surface area (Å²) in [7, 11) is 0. The second-order valence-electron chi connectivity index (χ2n) is 4.15. The van der Waals surface area contributed by atoms with Crippen LogP contribution in [-0.4, -0.2) is 30.9 Å². The van der Waals surface area contributed by atoms with Crippen LogP contribution in [0.5, 0.6) is 0 Å². The number of amides is 2. The molecule has 2 rings (SSSR count). The number of rotatable bonds is 3. The molecule has 0 radical (unpaired) electrons. The lowest BCUT2D eigenvalue weighted by atomic mass is 10.1. The third-order valence-corrected chi connectivity index (χ3v) is 3.11. The Hall–Kier alpha value is -1.59. The molecule has 1 fully saturated rings. The molecule has 1 heterocycles. The first-order chi connectivity index (χ1) is 8.66. The molecule has 18 heavy (non-hydrogen) atoms. The molecule has 6 heteroatoms. The minimum atomic E-state index is -0.346. The van der Waals surface area contributed by atoms with Gasteiger partial charge in [-0.15, -0.1) is 0 Å². The van der Waals surface area contributed by atoms with Crippen molar-refractivity contribution in [1.82, 2.24) is 5.32 Å². The average molecular weight is 269 g/mol. The Morgan fingerprint density at radius 1 is 1.50 bits per heavy atom. The highest BCUT2D eigenvalue weighted by Crippen LogP contribution is 2.20. The van der Waals surface area contributed by atoms with E-state index >= 15 is 0 Å². The number of hydrogen-bond donors (Lipinski definition) is 3. The van der Waals surface area contributed by atoms with Gasteiger partial charge in [-0.3, -0.25) is 9.59 Å². The Bertz CT molecular complexity index is 464. The standard InChI is InChI=1S/C12H14ClN3O2/c13-8-3-1-2-4-9(8)16-11(17)7-10-12(18)15-6-5-14-10/h1-4,10,14H,5-7H2,(H,15,18)(H,16,17)/p+1. The van der Waals surface area contributed by atoms with Gasteiger partial charge in [0.2, 0.25) is 5.91 Å². The van der Waals surface area contributed by atoms with Crippen molar-refractivity contribution in [3.8, 4) is 0 Å². The summed E-state index contributed by atoms with van der Waals surface area (Å²) in [4.78, 5) is 23.3. The molecule has 5 nitrogen and oxygen atoms in total. The predicted molar refractivity (Wildman–Crippen MR) is 68.3 cm³/mol. The normalized spacial score (nSPS) is 19.2. The van der Waals surface area contributed by atoms with Crippen LogP contribution in [0.2, 0.25) is 5.02 Å². The van der Waals surface area contributed by atoms with E-state index in [-0.39, 0.29) is 24.3 Å². The van der Waals surface area contributed by atoms with Crippen molar-refractivity contribution in [2.24, 2.45) is 0 Å². The highest BCUT2D eigenvalue weighted by atomic mass is 35.5. The number of halogens is 1. The maximum Gasteiger partial charge on any atom is 0.278 e. The lowest BCUT2D eigenvalue weighted by molar-refractivity contribution is -0.678. The van der Waals surface area contributed by atoms with Crippen LogP contribution in [0.25, 0.3) is 0 Å². The molecule has 1 unspecified atom stereocenters. The van der Waals surface area contributed by atoms with Crippen LogP contribution in [0.4, 0.5) is 5.69 Å². The first-order valence-corrected chi connectivity index (χ1v) is 6.20. The van der Waals surface area contributed by atoms with Gasteiger partial charge >= 0.3 is 0 Å². The highest BCUT2D eigenvalue weighted by Gasteiger charge is 2.27. The first kappa shape index (κ1) is 12.9. The fraction of sp³-hybridized carbons (Fsp3) is 0.333. The summed E-state index contributed by atoms with van der Waals surface area (Å²) in [6.07, 6.45) is 0.150. The molecule has 2 amide bonds. The number of piperazine rings is 1. The minimum absolute atomic E-state index is 0.0874. The zero-order valence-corrected chi connectivity index (χ0v) is 10.5. The second-order valence-corrected chi connectivity index (χ2v) is 4.56. The van der Waals surface area contributed by atoms with Crippen LogP contribution in [0.15, 0.2) is 24.3 Å². The summed E-state index contributed by atoms with van der Waals surface area (Å²) in [6.45, 7) is 1.46. The van der Waals surface area contributed by atoms with Crippen LogP contribution in [-0.2, 0) is 9.59 Å². The largest absolute Gasteiger partial charge is 0.345 e. The highest BCUT2D eigenvalue weighted by molar-refractivity contribution is 6.33. The van der Waals surface area contributed by atoms with E-state index in [1.54, 1.807) is 24.3 Å². The van der Waals surface area contributed by atoms with Crippen molar-refractivity contribution < 1.29 is 14.9 Å². The number of anilines is 1. The summed E-state index contributed by atoms with van der Waals surface area (Å²) in [5, 5.41) is 7.81. The van der Waals surface area contributed by atoms with E-state index in [0.717, 1.165) is 6.54 Å². The summed E-state index contributed by atoms with van der Waals surface area (Å²) in [6, 6.07) is 6.67. The average Bonchev–Trinajstić information content (AvgIpc) is 2.35. The predicted octanol–water partition coefficient (Wildman–Crippen LogP) is -0.270. The summed E-state index contributed by atoms with van der Waals surface area (Å²) in [5.41, 5.74) is 0.570. The molecule has 0 aliphatic carbocycles. The third kappa shape index (κ3) is 3.21. The van der Waals surface area contributed by atoms with Crippen LogP contribution in [0.1, 0.15) is 6.42 Å². The topological polar surface area (TPSA) is 74.8 Å². The molecular weight excluding hydrogens is 254 g/mol. The zero-order chi connectivity index (χ0) is 13.0. The maximum absolute atomic E-state index is 11.8. The van der Waals surface area contributed by atoms with E-state index < -0.39 is 0 Å². The quantitative estimate of drug-likeness (QED) is 0.706. The molecule has 1 saturated heterocycles. The van der Waals surface area contributed by atoms with Gasteiger partial charge in [0.15, 0.2) is 6.04 Å². The molecule has 1 atom stereocenters. The van der Waals surface area contributed by atoms with Gasteiger partial charge in [0.05, 0.1) is 30.2 Å². The van der Waals surface area contributed by atoms with Crippen molar-refractivity contribution in [3.63, 3.8) is 0 Å². The van der Waals surface area contributed by atoms with E-state index in [2.05, 4.69) is 10.6 Å². The summed E-state index contributed by atoms with van der Waals surface area (Å²) >= 11 is 5.94. The van der Waals surface area contributed by atoms with E-state index in [9.17, 15) is 9.59 Å². The van der Waals surface area contributed by atoms with Gasteiger partial charge in [-0.25, -0.2) is 0 Å². The lowest BCUT2D eigenvalue weighted by Gasteiger charge is -2.19. The molecule has 1 aromatic carbocycles.